The molecule has 12 heavy (non-hydrogen) atoms. The fourth-order valence-corrected chi connectivity index (χ4v) is 0.689. The molecule has 0 radical (unpaired) electrons. The van der Waals surface area contributed by atoms with Crippen molar-refractivity contribution >= 4 is 5.69 Å². The molecule has 0 heterocycles. The molecule has 0 aliphatic rings. The van der Waals surface area contributed by atoms with Crippen LogP contribution in [0.1, 0.15) is 13.8 Å². The van der Waals surface area contributed by atoms with Crippen LogP contribution in [0, 0.1) is 11.6 Å². The minimum atomic E-state index is -0.441. The molecule has 0 spiro atoms. The molecule has 68 valence electrons. The Morgan fingerprint density at radius 2 is 1.75 bits per heavy atom. The number of anilines is 1. The monoisotopic (exact) mass is 173 g/mol. The molecular weight excluding hydrogens is 160 g/mol. The van der Waals surface area contributed by atoms with Crippen LogP contribution in [-0.2, 0) is 0 Å². The number of halogens is 2. The number of hydrogen-bond donors (Lipinski definition) is 1. The van der Waals surface area contributed by atoms with Gasteiger partial charge in [-0.15, -0.1) is 0 Å². The van der Waals surface area contributed by atoms with Gasteiger partial charge in [-0.05, 0) is 18.2 Å². The minimum absolute atomic E-state index is 0.181. The van der Waals surface area contributed by atoms with Crippen LogP contribution in [0.5, 0.6) is 0 Å². The summed E-state index contributed by atoms with van der Waals surface area (Å²) in [7, 11) is 1.54. The van der Waals surface area contributed by atoms with Crippen molar-refractivity contribution in [3.05, 3.63) is 29.8 Å². The van der Waals surface area contributed by atoms with Crippen LogP contribution in [0.3, 0.4) is 0 Å². The molecule has 1 aromatic carbocycles. The van der Waals surface area contributed by atoms with Crippen molar-refractivity contribution in [3.8, 4) is 0 Å². The summed E-state index contributed by atoms with van der Waals surface area (Å²) < 4.78 is 24.9. The van der Waals surface area contributed by atoms with E-state index in [0.29, 0.717) is 0 Å². The standard InChI is InChI=1S/C7H7F2N.C2H6/c1-10-7-4-5(8)2-3-6(7)9;1-2/h2-4,10H,1H3;1-2H3. The molecule has 0 saturated heterocycles. The SMILES string of the molecule is CC.CNc1cc(F)ccc1F. The normalized spacial score (nSPS) is 8.42. The zero-order chi connectivity index (χ0) is 9.56. The zero-order valence-electron chi connectivity index (χ0n) is 7.49. The van der Waals surface area contributed by atoms with Gasteiger partial charge in [-0.1, -0.05) is 13.8 Å². The van der Waals surface area contributed by atoms with Crippen molar-refractivity contribution in [2.75, 3.05) is 12.4 Å². The second-order valence-corrected chi connectivity index (χ2v) is 1.87. The van der Waals surface area contributed by atoms with Crippen LogP contribution in [-0.4, -0.2) is 7.05 Å². The van der Waals surface area contributed by atoms with Gasteiger partial charge in [0.25, 0.3) is 0 Å². The van der Waals surface area contributed by atoms with Crippen LogP contribution in [0.2, 0.25) is 0 Å². The summed E-state index contributed by atoms with van der Waals surface area (Å²) in [4.78, 5) is 0. The predicted octanol–water partition coefficient (Wildman–Crippen LogP) is 3.03. The lowest BCUT2D eigenvalue weighted by Crippen LogP contribution is -1.92. The highest BCUT2D eigenvalue weighted by Gasteiger charge is 1.99. The molecule has 0 aromatic heterocycles. The fraction of sp³-hybridized carbons (Fsp3) is 0.333. The Morgan fingerprint density at radius 1 is 1.17 bits per heavy atom. The molecule has 0 saturated carbocycles. The summed E-state index contributed by atoms with van der Waals surface area (Å²) in [5.41, 5.74) is 0.181. The van der Waals surface area contributed by atoms with E-state index in [-0.39, 0.29) is 5.69 Å². The van der Waals surface area contributed by atoms with E-state index < -0.39 is 11.6 Å². The lowest BCUT2D eigenvalue weighted by atomic mass is 10.3. The van der Waals surface area contributed by atoms with Gasteiger partial charge < -0.3 is 5.32 Å². The van der Waals surface area contributed by atoms with Crippen molar-refractivity contribution in [1.29, 1.82) is 0 Å². The van der Waals surface area contributed by atoms with Crippen molar-refractivity contribution < 1.29 is 8.78 Å². The van der Waals surface area contributed by atoms with Crippen LogP contribution < -0.4 is 5.32 Å². The van der Waals surface area contributed by atoms with Crippen molar-refractivity contribution in [1.82, 2.24) is 0 Å². The largest absolute Gasteiger partial charge is 0.386 e. The van der Waals surface area contributed by atoms with Gasteiger partial charge >= 0.3 is 0 Å². The fourth-order valence-electron chi connectivity index (χ4n) is 0.689. The van der Waals surface area contributed by atoms with Crippen LogP contribution in [0.4, 0.5) is 14.5 Å². The van der Waals surface area contributed by atoms with Gasteiger partial charge in [-0.2, -0.15) is 0 Å². The van der Waals surface area contributed by atoms with Gasteiger partial charge in [-0.25, -0.2) is 8.78 Å². The Hall–Kier alpha value is -1.12. The smallest absolute Gasteiger partial charge is 0.146 e. The van der Waals surface area contributed by atoms with Gasteiger partial charge in [0.15, 0.2) is 0 Å². The molecule has 0 aliphatic carbocycles. The highest BCUT2D eigenvalue weighted by Crippen LogP contribution is 2.13. The Morgan fingerprint density at radius 3 is 2.17 bits per heavy atom. The van der Waals surface area contributed by atoms with E-state index in [1.54, 1.807) is 0 Å². The van der Waals surface area contributed by atoms with E-state index >= 15 is 0 Å². The first-order valence-corrected chi connectivity index (χ1v) is 3.87. The Labute approximate surface area is 71.4 Å². The van der Waals surface area contributed by atoms with Gasteiger partial charge in [0.1, 0.15) is 11.6 Å². The summed E-state index contributed by atoms with van der Waals surface area (Å²) in [6, 6.07) is 3.27. The third-order valence-electron chi connectivity index (χ3n) is 1.20. The van der Waals surface area contributed by atoms with Crippen molar-refractivity contribution in [3.63, 3.8) is 0 Å². The van der Waals surface area contributed by atoms with Gasteiger partial charge in [0, 0.05) is 7.05 Å². The van der Waals surface area contributed by atoms with Crippen molar-refractivity contribution in [2.45, 2.75) is 13.8 Å². The van der Waals surface area contributed by atoms with Gasteiger partial charge in [0.2, 0.25) is 0 Å². The molecule has 0 fully saturated rings. The quantitative estimate of drug-likeness (QED) is 0.688. The molecule has 1 aromatic rings. The van der Waals surface area contributed by atoms with E-state index in [2.05, 4.69) is 5.32 Å². The van der Waals surface area contributed by atoms with Crippen LogP contribution in [0.15, 0.2) is 18.2 Å². The Kier molecular flexibility index (Phi) is 5.00. The summed E-state index contributed by atoms with van der Waals surface area (Å²) >= 11 is 0. The highest BCUT2D eigenvalue weighted by atomic mass is 19.1. The maximum Gasteiger partial charge on any atom is 0.146 e. The summed E-state index contributed by atoms with van der Waals surface area (Å²) in [5, 5.41) is 2.52. The molecule has 3 heteroatoms. The molecule has 1 rings (SSSR count). The zero-order valence-corrected chi connectivity index (χ0v) is 7.49. The topological polar surface area (TPSA) is 12.0 Å². The maximum absolute atomic E-state index is 12.5. The first-order valence-electron chi connectivity index (χ1n) is 3.87. The summed E-state index contributed by atoms with van der Waals surface area (Å²) in [5.74, 6) is -0.880. The molecule has 0 bridgehead atoms. The average Bonchev–Trinajstić information content (AvgIpc) is 2.13. The number of rotatable bonds is 1. The minimum Gasteiger partial charge on any atom is -0.386 e. The molecule has 1 nitrogen and oxygen atoms in total. The first kappa shape index (κ1) is 10.9. The first-order chi connectivity index (χ1) is 5.74. The lowest BCUT2D eigenvalue weighted by Gasteiger charge is -1.99. The molecule has 0 atom stereocenters. The highest BCUT2D eigenvalue weighted by molar-refractivity contribution is 5.43. The van der Waals surface area contributed by atoms with E-state index in [4.69, 9.17) is 0 Å². The van der Waals surface area contributed by atoms with E-state index in [9.17, 15) is 8.78 Å². The van der Waals surface area contributed by atoms with Crippen molar-refractivity contribution in [2.24, 2.45) is 0 Å². The molecule has 1 N–H and O–H groups in total. The van der Waals surface area contributed by atoms with Crippen LogP contribution in [0.25, 0.3) is 0 Å². The second-order valence-electron chi connectivity index (χ2n) is 1.87. The predicted molar refractivity (Wildman–Crippen MR) is 47.3 cm³/mol. The molecule has 0 unspecified atom stereocenters. The summed E-state index contributed by atoms with van der Waals surface area (Å²) in [6.45, 7) is 4.00. The summed E-state index contributed by atoms with van der Waals surface area (Å²) in [6.07, 6.45) is 0. The third-order valence-corrected chi connectivity index (χ3v) is 1.20. The molecule has 0 amide bonds. The Balaban J connectivity index is 0.000000561. The molecular formula is C9H13F2N. The van der Waals surface area contributed by atoms with Gasteiger partial charge in [0.05, 0.1) is 5.69 Å². The number of hydrogen-bond acceptors (Lipinski definition) is 1. The van der Waals surface area contributed by atoms with E-state index in [1.807, 2.05) is 13.8 Å². The maximum atomic E-state index is 12.5. The van der Waals surface area contributed by atoms with Gasteiger partial charge in [-0.3, -0.25) is 0 Å². The van der Waals surface area contributed by atoms with E-state index in [0.717, 1.165) is 18.2 Å². The average molecular weight is 173 g/mol. The molecule has 0 aliphatic heterocycles. The lowest BCUT2D eigenvalue weighted by molar-refractivity contribution is 0.603. The number of benzene rings is 1. The van der Waals surface area contributed by atoms with E-state index in [1.165, 1.54) is 7.05 Å². The number of nitrogens with one attached hydrogen (secondary N) is 1. The third kappa shape index (κ3) is 2.86. The Bertz CT molecular complexity index is 236. The second kappa shape index (κ2) is 5.52. The van der Waals surface area contributed by atoms with Crippen LogP contribution >= 0.6 is 0 Å².